The number of cyclic esters (lactones) is 1. The monoisotopic (exact) mass is 1100 g/mol. The summed E-state index contributed by atoms with van der Waals surface area (Å²) in [4.78, 5) is 147. The van der Waals surface area contributed by atoms with Gasteiger partial charge in [0, 0.05) is 50.2 Å². The van der Waals surface area contributed by atoms with Gasteiger partial charge < -0.3 is 81.5 Å². The molecular weight excluding hydrogens is 1030 g/mol. The van der Waals surface area contributed by atoms with Crippen LogP contribution < -0.4 is 43.0 Å². The Kier molecular flexibility index (Phi) is 29.0. The van der Waals surface area contributed by atoms with E-state index < -0.39 is 128 Å². The number of carbonyl (C=O) groups is 10. The number of hydrogen-bond acceptors (Lipinski definition) is 18. The van der Waals surface area contributed by atoms with Crippen molar-refractivity contribution in [1.82, 2.24) is 36.8 Å². The number of aliphatic hydroxyl groups excluding tert-OH is 1. The van der Waals surface area contributed by atoms with Crippen molar-refractivity contribution in [1.29, 1.82) is 0 Å². The summed E-state index contributed by atoms with van der Waals surface area (Å²) in [6.07, 6.45) is 1.35. The predicted octanol–water partition coefficient (Wildman–Crippen LogP) is -3.27. The normalized spacial score (nSPS) is 15.9. The molecule has 76 heavy (non-hydrogen) atoms. The summed E-state index contributed by atoms with van der Waals surface area (Å²) in [7, 11) is -4.45. The number of rotatable bonds is 38. The molecule has 3 rings (SSSR count). The maximum atomic E-state index is 13.8. The molecule has 0 unspecified atom stereocenters. The zero-order valence-electron chi connectivity index (χ0n) is 42.6. The van der Waals surface area contributed by atoms with E-state index in [2.05, 4.69) is 37.2 Å². The lowest BCUT2D eigenvalue weighted by Gasteiger charge is -2.27. The number of nitrogens with one attached hydrogen (secondary N) is 7. The molecule has 0 saturated carbocycles. The summed E-state index contributed by atoms with van der Waals surface area (Å²) in [5, 5.41) is 27.3. The molecule has 0 radical (unpaired) electrons. The van der Waals surface area contributed by atoms with Gasteiger partial charge in [-0.3, -0.25) is 52.6 Å². The predicted molar refractivity (Wildman–Crippen MR) is 267 cm³/mol. The first-order valence-corrected chi connectivity index (χ1v) is 26.5. The highest BCUT2D eigenvalue weighted by Crippen LogP contribution is 2.34. The summed E-state index contributed by atoms with van der Waals surface area (Å²) in [6, 6.07) is 0.361. The van der Waals surface area contributed by atoms with Crippen molar-refractivity contribution in [3.05, 3.63) is 42.0 Å². The van der Waals surface area contributed by atoms with Crippen LogP contribution in [0.4, 0.5) is 5.69 Å². The Morgan fingerprint density at radius 1 is 0.737 bits per heavy atom. The van der Waals surface area contributed by atoms with Crippen LogP contribution in [0.3, 0.4) is 0 Å². The number of anilines is 1. The largest absolute Gasteiger partial charge is 0.464 e. The lowest BCUT2D eigenvalue weighted by atomic mass is 10.0. The van der Waals surface area contributed by atoms with E-state index in [1.807, 2.05) is 0 Å². The molecule has 1 aromatic carbocycles. The third-order valence-corrected chi connectivity index (χ3v) is 12.1. The van der Waals surface area contributed by atoms with Gasteiger partial charge in [0.05, 0.1) is 78.7 Å². The van der Waals surface area contributed by atoms with E-state index >= 15 is 0 Å². The quantitative estimate of drug-likeness (QED) is 0.0134. The van der Waals surface area contributed by atoms with Crippen LogP contribution in [-0.2, 0) is 82.8 Å². The van der Waals surface area contributed by atoms with E-state index in [1.54, 1.807) is 38.1 Å². The first-order valence-electron chi connectivity index (χ1n) is 24.7. The fraction of sp³-hybridized carbons (Fsp3) is 0.617. The number of carbonyl (C=O) groups excluding carboxylic acids is 10. The number of aliphatic hydroxyl groups is 1. The minimum Gasteiger partial charge on any atom is -0.464 e. The summed E-state index contributed by atoms with van der Waals surface area (Å²) in [6.45, 7) is 3.85. The van der Waals surface area contributed by atoms with Gasteiger partial charge in [0.1, 0.15) is 30.2 Å². The van der Waals surface area contributed by atoms with Crippen LogP contribution in [0.15, 0.2) is 36.4 Å². The van der Waals surface area contributed by atoms with Crippen LogP contribution >= 0.6 is 7.60 Å². The van der Waals surface area contributed by atoms with Gasteiger partial charge in [-0.05, 0) is 49.4 Å². The molecule has 0 bridgehead atoms. The molecule has 5 atom stereocenters. The molecule has 28 nitrogen and oxygen atoms in total. The summed E-state index contributed by atoms with van der Waals surface area (Å²) in [5.74, 6) is -7.80. The zero-order chi connectivity index (χ0) is 56.0. The molecule has 9 amide bonds. The second-order valence-electron chi connectivity index (χ2n) is 17.6. The van der Waals surface area contributed by atoms with E-state index in [4.69, 9.17) is 39.2 Å². The number of nitrogens with zero attached hydrogens (tertiary/aromatic N) is 1. The van der Waals surface area contributed by atoms with Gasteiger partial charge in [0.2, 0.25) is 41.4 Å². The third kappa shape index (κ3) is 24.6. The van der Waals surface area contributed by atoms with Crippen molar-refractivity contribution in [3.8, 4) is 0 Å². The van der Waals surface area contributed by atoms with Crippen molar-refractivity contribution in [3.63, 3.8) is 0 Å². The third-order valence-electron chi connectivity index (χ3n) is 11.3. The first-order chi connectivity index (χ1) is 36.2. The number of imide groups is 1. The Labute approximate surface area is 439 Å². The van der Waals surface area contributed by atoms with E-state index in [0.717, 1.165) is 12.2 Å². The molecule has 1 saturated heterocycles. The maximum absolute atomic E-state index is 13.8. The van der Waals surface area contributed by atoms with Crippen LogP contribution in [0.5, 0.6) is 0 Å². The highest BCUT2D eigenvalue weighted by atomic mass is 31.2. The van der Waals surface area contributed by atoms with Crippen molar-refractivity contribution in [2.24, 2.45) is 11.7 Å². The molecule has 2 heterocycles. The Hall–Kier alpha value is -6.23. The van der Waals surface area contributed by atoms with Gasteiger partial charge in [-0.25, -0.2) is 4.79 Å². The molecule has 424 valence electrons. The SMILES string of the molecule is CC(C)[C@H](NC(=O)[C@H](CC(=O)N[C@H]1CCOC1=O)NC(=O)CCOCCOCCOCCOCCNC(=O)[C@H](CNC(=O)CCP(=O)(O)O)N1C(=O)C=CC1=O)C(=O)N[C@@H](CCCCN)C(=O)Nc1ccc(CO)cc1. The zero-order valence-corrected chi connectivity index (χ0v) is 43.5. The fourth-order valence-corrected chi connectivity index (χ4v) is 7.63. The van der Waals surface area contributed by atoms with E-state index in [1.165, 1.54) is 0 Å². The lowest BCUT2D eigenvalue weighted by molar-refractivity contribution is -0.145. The molecule has 1 fully saturated rings. The maximum Gasteiger partial charge on any atom is 0.328 e. The highest BCUT2D eigenvalue weighted by molar-refractivity contribution is 7.51. The van der Waals surface area contributed by atoms with Gasteiger partial charge in [-0.2, -0.15) is 0 Å². The van der Waals surface area contributed by atoms with Crippen molar-refractivity contribution < 1.29 is 91.1 Å². The van der Waals surface area contributed by atoms with E-state index in [0.29, 0.717) is 35.5 Å². The van der Waals surface area contributed by atoms with E-state index in [-0.39, 0.29) is 91.9 Å². The average molecular weight is 1100 g/mol. The Morgan fingerprint density at radius 3 is 1.92 bits per heavy atom. The smallest absolute Gasteiger partial charge is 0.328 e. The Balaban J connectivity index is 1.39. The van der Waals surface area contributed by atoms with E-state index in [9.17, 15) is 57.6 Å². The van der Waals surface area contributed by atoms with Crippen LogP contribution in [0.25, 0.3) is 0 Å². The van der Waals surface area contributed by atoms with Crippen LogP contribution in [-0.4, -0.2) is 194 Å². The van der Waals surface area contributed by atoms with Crippen LogP contribution in [0.1, 0.15) is 64.4 Å². The minimum absolute atomic E-state index is 0.0200. The molecule has 0 spiro atoms. The molecule has 29 heteroatoms. The second-order valence-corrected chi connectivity index (χ2v) is 19.4. The van der Waals surface area contributed by atoms with Gasteiger partial charge in [0.25, 0.3) is 11.8 Å². The molecule has 2 aliphatic rings. The molecule has 12 N–H and O–H groups in total. The van der Waals surface area contributed by atoms with Gasteiger partial charge >= 0.3 is 13.6 Å². The fourth-order valence-electron chi connectivity index (χ4n) is 7.13. The topological polar surface area (TPSA) is 408 Å². The number of nitrogens with two attached hydrogens (primary N) is 1. The van der Waals surface area contributed by atoms with Gasteiger partial charge in [0.15, 0.2) is 0 Å². The number of ether oxygens (including phenoxy) is 5. The number of benzene rings is 1. The molecular formula is C47H72N9O19P. The summed E-state index contributed by atoms with van der Waals surface area (Å²) >= 11 is 0. The van der Waals surface area contributed by atoms with Crippen molar-refractivity contribution in [2.45, 2.75) is 95.6 Å². The number of hydrogen-bond donors (Lipinski definition) is 11. The molecule has 0 aliphatic carbocycles. The second kappa shape index (κ2) is 34.4. The minimum atomic E-state index is -4.45. The van der Waals surface area contributed by atoms with Crippen molar-refractivity contribution >= 4 is 72.4 Å². The summed E-state index contributed by atoms with van der Waals surface area (Å²) in [5.41, 5.74) is 6.73. The number of amides is 9. The number of unbranched alkanes of at least 4 members (excludes halogenated alkanes) is 1. The highest BCUT2D eigenvalue weighted by Gasteiger charge is 2.37. The van der Waals surface area contributed by atoms with Crippen LogP contribution in [0.2, 0.25) is 0 Å². The Bertz CT molecular complexity index is 2180. The number of esters is 1. The standard InChI is InChI=1S/C47H72N9O19P/c1-30(2)42(46(66)54-33(5-3-4-15-48)43(63)51-32-8-6-31(29-57)7-9-32)55-44(64)35(27-39(60)52-34-12-18-75-47(34)67)53-38(59)13-17-71-20-22-73-24-25-74-23-21-72-19-16-49-45(65)36(56-40(61)10-11-41(56)62)28-50-37(58)14-26-76(68,69)70/h6-11,30,33-36,42,57H,3-5,12-29,48H2,1-2H3,(H,49,65)(H,50,58)(H,51,63)(H,52,60)(H,53,59)(H,54,66)(H,55,64)(H2,68,69,70)/t33-,34-,35-,36-,42-/m0/s1. The first kappa shape index (κ1) is 64.1. The lowest BCUT2D eigenvalue weighted by Crippen LogP contribution is -2.58. The average Bonchev–Trinajstić information content (AvgIpc) is 3.94. The molecule has 1 aromatic rings. The molecule has 0 aromatic heterocycles. The van der Waals surface area contributed by atoms with Crippen LogP contribution in [0, 0.1) is 5.92 Å². The molecule has 2 aliphatic heterocycles. The Morgan fingerprint density at radius 2 is 1.36 bits per heavy atom. The van der Waals surface area contributed by atoms with Gasteiger partial charge in [-0.15, -0.1) is 0 Å². The van der Waals surface area contributed by atoms with Gasteiger partial charge in [-0.1, -0.05) is 26.0 Å². The summed E-state index contributed by atoms with van der Waals surface area (Å²) < 4.78 is 37.8. The van der Waals surface area contributed by atoms with Crippen molar-refractivity contribution in [2.75, 3.05) is 90.6 Å².